The third-order valence-corrected chi connectivity index (χ3v) is 3.32. The van der Waals surface area contributed by atoms with E-state index in [1.54, 1.807) is 0 Å². The number of benzene rings is 1. The lowest BCUT2D eigenvalue weighted by Crippen LogP contribution is -2.32. The van der Waals surface area contributed by atoms with Gasteiger partial charge in [0.2, 0.25) is 5.91 Å². The van der Waals surface area contributed by atoms with Crippen molar-refractivity contribution in [1.82, 2.24) is 10.2 Å². The molecule has 0 aliphatic carbocycles. The van der Waals surface area contributed by atoms with Crippen molar-refractivity contribution in [3.05, 3.63) is 35.9 Å². The van der Waals surface area contributed by atoms with Gasteiger partial charge in [0.1, 0.15) is 0 Å². The van der Waals surface area contributed by atoms with Crippen LogP contribution in [-0.4, -0.2) is 38.0 Å². The van der Waals surface area contributed by atoms with Gasteiger partial charge in [-0.05, 0) is 31.5 Å². The summed E-state index contributed by atoms with van der Waals surface area (Å²) >= 11 is 0. The topological polar surface area (TPSA) is 32.3 Å². The van der Waals surface area contributed by atoms with E-state index >= 15 is 0 Å². The van der Waals surface area contributed by atoms with Gasteiger partial charge in [-0.1, -0.05) is 44.2 Å². The average molecular weight is 262 g/mol. The summed E-state index contributed by atoms with van der Waals surface area (Å²) < 4.78 is 0. The summed E-state index contributed by atoms with van der Waals surface area (Å²) in [6.45, 7) is 5.93. The van der Waals surface area contributed by atoms with Crippen molar-refractivity contribution in [1.29, 1.82) is 0 Å². The molecule has 1 rings (SSSR count). The summed E-state index contributed by atoms with van der Waals surface area (Å²) in [5.41, 5.74) is 1.25. The van der Waals surface area contributed by atoms with Gasteiger partial charge in [-0.3, -0.25) is 4.79 Å². The van der Waals surface area contributed by atoms with E-state index in [-0.39, 0.29) is 5.91 Å². The molecule has 1 aromatic carbocycles. The molecule has 1 atom stereocenters. The highest BCUT2D eigenvalue weighted by Crippen LogP contribution is 2.27. The van der Waals surface area contributed by atoms with Crippen LogP contribution in [0.15, 0.2) is 30.3 Å². The fourth-order valence-electron chi connectivity index (χ4n) is 2.13. The highest BCUT2D eigenvalue weighted by molar-refractivity contribution is 5.76. The first kappa shape index (κ1) is 15.7. The second kappa shape index (κ2) is 7.95. The minimum atomic E-state index is 0.143. The number of hydrogen-bond donors (Lipinski definition) is 1. The number of amides is 1. The number of carbonyl (C=O) groups is 1. The van der Waals surface area contributed by atoms with E-state index in [4.69, 9.17) is 0 Å². The van der Waals surface area contributed by atoms with Gasteiger partial charge in [-0.25, -0.2) is 0 Å². The van der Waals surface area contributed by atoms with Crippen LogP contribution < -0.4 is 5.32 Å². The van der Waals surface area contributed by atoms with E-state index in [0.29, 0.717) is 24.8 Å². The standard InChI is InChI=1S/C16H26N2O/c1-13(2)15(14-8-6-5-7-9-14)12-16(19)17-10-11-18(3)4/h5-9,13,15H,10-12H2,1-4H3,(H,17,19)/t15-/m0/s1. The molecule has 0 radical (unpaired) electrons. The van der Waals surface area contributed by atoms with E-state index < -0.39 is 0 Å². The molecular formula is C16H26N2O. The fourth-order valence-corrected chi connectivity index (χ4v) is 2.13. The molecule has 0 unspecified atom stereocenters. The van der Waals surface area contributed by atoms with Gasteiger partial charge in [0.05, 0.1) is 0 Å². The number of nitrogens with zero attached hydrogens (tertiary/aromatic N) is 1. The molecule has 1 N–H and O–H groups in total. The first-order chi connectivity index (χ1) is 9.00. The summed E-state index contributed by atoms with van der Waals surface area (Å²) in [5, 5.41) is 2.99. The molecule has 1 aromatic rings. The number of carbonyl (C=O) groups excluding carboxylic acids is 1. The Kier molecular flexibility index (Phi) is 6.57. The Labute approximate surface area is 117 Å². The Hall–Kier alpha value is -1.35. The molecule has 0 aliphatic heterocycles. The summed E-state index contributed by atoms with van der Waals surface area (Å²) in [4.78, 5) is 14.0. The van der Waals surface area contributed by atoms with Crippen molar-refractivity contribution in [2.24, 2.45) is 5.92 Å². The molecule has 3 heteroatoms. The highest BCUT2D eigenvalue weighted by Gasteiger charge is 2.19. The largest absolute Gasteiger partial charge is 0.355 e. The second-order valence-electron chi connectivity index (χ2n) is 5.62. The molecule has 0 aromatic heterocycles. The maximum atomic E-state index is 12.0. The van der Waals surface area contributed by atoms with E-state index in [9.17, 15) is 4.79 Å². The van der Waals surface area contributed by atoms with Crippen molar-refractivity contribution in [2.75, 3.05) is 27.2 Å². The third kappa shape index (κ3) is 5.88. The van der Waals surface area contributed by atoms with E-state index in [1.807, 2.05) is 32.3 Å². The van der Waals surface area contributed by atoms with Gasteiger partial charge in [0.25, 0.3) is 0 Å². The van der Waals surface area contributed by atoms with Crippen molar-refractivity contribution >= 4 is 5.91 Å². The van der Waals surface area contributed by atoms with Gasteiger partial charge < -0.3 is 10.2 Å². The summed E-state index contributed by atoms with van der Waals surface area (Å²) in [7, 11) is 4.01. The smallest absolute Gasteiger partial charge is 0.220 e. The minimum absolute atomic E-state index is 0.143. The molecule has 0 aliphatic rings. The lowest BCUT2D eigenvalue weighted by atomic mass is 9.85. The Balaban J connectivity index is 2.53. The molecule has 0 spiro atoms. The van der Waals surface area contributed by atoms with Gasteiger partial charge in [-0.15, -0.1) is 0 Å². The lowest BCUT2D eigenvalue weighted by molar-refractivity contribution is -0.121. The Morgan fingerprint density at radius 2 is 1.84 bits per heavy atom. The first-order valence-corrected chi connectivity index (χ1v) is 6.97. The Bertz CT molecular complexity index is 374. The van der Waals surface area contributed by atoms with Gasteiger partial charge >= 0.3 is 0 Å². The number of hydrogen-bond acceptors (Lipinski definition) is 2. The molecule has 0 saturated heterocycles. The van der Waals surface area contributed by atoms with Gasteiger partial charge in [0.15, 0.2) is 0 Å². The summed E-state index contributed by atoms with van der Waals surface area (Å²) in [5.74, 6) is 0.895. The normalized spacial score (nSPS) is 12.7. The monoisotopic (exact) mass is 262 g/mol. The second-order valence-corrected chi connectivity index (χ2v) is 5.62. The zero-order valence-corrected chi connectivity index (χ0v) is 12.5. The van der Waals surface area contributed by atoms with Crippen LogP contribution in [0.25, 0.3) is 0 Å². The predicted molar refractivity (Wildman–Crippen MR) is 80.2 cm³/mol. The summed E-state index contributed by atoms with van der Waals surface area (Å²) in [6.07, 6.45) is 0.565. The molecule has 0 saturated carbocycles. The van der Waals surface area contributed by atoms with Gasteiger partial charge in [-0.2, -0.15) is 0 Å². The minimum Gasteiger partial charge on any atom is -0.355 e. The van der Waals surface area contributed by atoms with Crippen LogP contribution in [0.1, 0.15) is 31.7 Å². The Morgan fingerprint density at radius 1 is 1.21 bits per heavy atom. The summed E-state index contributed by atoms with van der Waals surface area (Å²) in [6, 6.07) is 10.3. The predicted octanol–water partition coefficient (Wildman–Crippen LogP) is 2.49. The first-order valence-electron chi connectivity index (χ1n) is 6.97. The lowest BCUT2D eigenvalue weighted by Gasteiger charge is -2.21. The molecular weight excluding hydrogens is 236 g/mol. The van der Waals surface area contributed by atoms with Crippen LogP contribution >= 0.6 is 0 Å². The van der Waals surface area contributed by atoms with E-state index in [1.165, 1.54) is 5.56 Å². The van der Waals surface area contributed by atoms with Crippen LogP contribution in [0, 0.1) is 5.92 Å². The molecule has 106 valence electrons. The van der Waals surface area contributed by atoms with Crippen LogP contribution in [0.4, 0.5) is 0 Å². The van der Waals surface area contributed by atoms with Crippen LogP contribution in [-0.2, 0) is 4.79 Å². The van der Waals surface area contributed by atoms with Gasteiger partial charge in [0, 0.05) is 19.5 Å². The SMILES string of the molecule is CC(C)[C@H](CC(=O)NCCN(C)C)c1ccccc1. The highest BCUT2D eigenvalue weighted by atomic mass is 16.1. The molecule has 19 heavy (non-hydrogen) atoms. The fraction of sp³-hybridized carbons (Fsp3) is 0.562. The molecule has 0 fully saturated rings. The van der Waals surface area contributed by atoms with Crippen molar-refractivity contribution < 1.29 is 4.79 Å². The average Bonchev–Trinajstić information content (AvgIpc) is 2.36. The number of nitrogens with one attached hydrogen (secondary N) is 1. The number of likely N-dealkylation sites (N-methyl/N-ethyl adjacent to an activating group) is 1. The zero-order chi connectivity index (χ0) is 14.3. The zero-order valence-electron chi connectivity index (χ0n) is 12.5. The van der Waals surface area contributed by atoms with Crippen molar-refractivity contribution in [3.63, 3.8) is 0 Å². The quantitative estimate of drug-likeness (QED) is 0.819. The van der Waals surface area contributed by atoms with Crippen molar-refractivity contribution in [2.45, 2.75) is 26.2 Å². The molecule has 0 heterocycles. The van der Waals surface area contributed by atoms with Crippen LogP contribution in [0.5, 0.6) is 0 Å². The van der Waals surface area contributed by atoms with Crippen molar-refractivity contribution in [3.8, 4) is 0 Å². The van der Waals surface area contributed by atoms with Crippen LogP contribution in [0.2, 0.25) is 0 Å². The third-order valence-electron chi connectivity index (χ3n) is 3.32. The Morgan fingerprint density at radius 3 is 2.37 bits per heavy atom. The van der Waals surface area contributed by atoms with Crippen LogP contribution in [0.3, 0.4) is 0 Å². The molecule has 1 amide bonds. The number of rotatable bonds is 7. The maximum Gasteiger partial charge on any atom is 0.220 e. The van der Waals surface area contributed by atoms with E-state index in [0.717, 1.165) is 6.54 Å². The molecule has 0 bridgehead atoms. The van der Waals surface area contributed by atoms with E-state index in [2.05, 4.69) is 36.2 Å². The maximum absolute atomic E-state index is 12.0. The molecule has 3 nitrogen and oxygen atoms in total.